The second kappa shape index (κ2) is 8.47. The Bertz CT molecular complexity index is 511. The fourth-order valence-corrected chi connectivity index (χ4v) is 4.55. The van der Waals surface area contributed by atoms with Crippen molar-refractivity contribution in [3.05, 3.63) is 23.9 Å². The molecule has 3 aliphatic rings. The molecule has 5 nitrogen and oxygen atoms in total. The summed E-state index contributed by atoms with van der Waals surface area (Å²) < 4.78 is 0. The van der Waals surface area contributed by atoms with Crippen LogP contribution in [0.25, 0.3) is 0 Å². The Morgan fingerprint density at radius 3 is 2.48 bits per heavy atom. The summed E-state index contributed by atoms with van der Waals surface area (Å²) in [6, 6.07) is 4.55. The number of aromatic nitrogens is 1. The molecule has 4 rings (SSSR count). The molecule has 3 saturated heterocycles. The van der Waals surface area contributed by atoms with Crippen molar-refractivity contribution in [2.45, 2.75) is 31.6 Å². The minimum Gasteiger partial charge on any atom is -0.354 e. The first kappa shape index (κ1) is 17.3. The molecule has 0 aromatic carbocycles. The molecule has 0 amide bonds. The molecule has 5 heteroatoms. The summed E-state index contributed by atoms with van der Waals surface area (Å²) in [5.74, 6) is 2.71. The molecule has 0 radical (unpaired) electrons. The summed E-state index contributed by atoms with van der Waals surface area (Å²) in [5, 5.41) is 6.97. The number of piperazine rings is 1. The number of hydrogen-bond acceptors (Lipinski definition) is 5. The molecular formula is C20H33N5. The molecule has 1 aromatic rings. The number of hydrogen-bond donors (Lipinski definition) is 2. The number of anilines is 1. The first-order valence-corrected chi connectivity index (χ1v) is 10.2. The van der Waals surface area contributed by atoms with E-state index in [1.807, 2.05) is 0 Å². The Balaban J connectivity index is 1.27. The fourth-order valence-electron chi connectivity index (χ4n) is 4.55. The largest absolute Gasteiger partial charge is 0.354 e. The Labute approximate surface area is 152 Å². The fraction of sp³-hybridized carbons (Fsp3) is 0.750. The third kappa shape index (κ3) is 4.52. The normalized spacial score (nSPS) is 26.7. The van der Waals surface area contributed by atoms with E-state index in [1.165, 1.54) is 70.5 Å². The van der Waals surface area contributed by atoms with Crippen molar-refractivity contribution in [3.63, 3.8) is 0 Å². The number of piperidine rings is 2. The van der Waals surface area contributed by atoms with Crippen LogP contribution in [0.2, 0.25) is 0 Å². The molecule has 3 aliphatic heterocycles. The van der Waals surface area contributed by atoms with Gasteiger partial charge < -0.3 is 15.5 Å². The van der Waals surface area contributed by atoms with E-state index >= 15 is 0 Å². The summed E-state index contributed by atoms with van der Waals surface area (Å²) in [4.78, 5) is 9.91. The number of pyridine rings is 1. The van der Waals surface area contributed by atoms with Gasteiger partial charge in [-0.3, -0.25) is 4.90 Å². The molecule has 0 spiro atoms. The van der Waals surface area contributed by atoms with Gasteiger partial charge in [0, 0.05) is 45.5 Å². The Morgan fingerprint density at radius 1 is 0.960 bits per heavy atom. The maximum absolute atomic E-state index is 4.79. The molecular weight excluding hydrogens is 310 g/mol. The Hall–Kier alpha value is -1.17. The van der Waals surface area contributed by atoms with Gasteiger partial charge in [0.25, 0.3) is 0 Å². The van der Waals surface area contributed by atoms with Crippen molar-refractivity contribution < 1.29 is 0 Å². The SMILES string of the molecule is c1cc(N2CCN(CC3CCNCC3)CC2)ncc1C1CCCNC1. The van der Waals surface area contributed by atoms with Gasteiger partial charge >= 0.3 is 0 Å². The van der Waals surface area contributed by atoms with Gasteiger partial charge in [-0.2, -0.15) is 0 Å². The van der Waals surface area contributed by atoms with Crippen molar-refractivity contribution in [2.24, 2.45) is 5.92 Å². The predicted octanol–water partition coefficient (Wildman–Crippen LogP) is 1.67. The molecule has 1 unspecified atom stereocenters. The summed E-state index contributed by atoms with van der Waals surface area (Å²) in [6.07, 6.45) is 7.39. The van der Waals surface area contributed by atoms with Crippen LogP contribution in [0.4, 0.5) is 5.82 Å². The van der Waals surface area contributed by atoms with Crippen LogP contribution in [0.5, 0.6) is 0 Å². The van der Waals surface area contributed by atoms with Crippen LogP contribution in [-0.2, 0) is 0 Å². The molecule has 1 aromatic heterocycles. The lowest BCUT2D eigenvalue weighted by molar-refractivity contribution is 0.196. The van der Waals surface area contributed by atoms with Crippen LogP contribution in [0.3, 0.4) is 0 Å². The van der Waals surface area contributed by atoms with Crippen LogP contribution >= 0.6 is 0 Å². The maximum atomic E-state index is 4.79. The van der Waals surface area contributed by atoms with E-state index < -0.39 is 0 Å². The van der Waals surface area contributed by atoms with Crippen molar-refractivity contribution in [1.82, 2.24) is 20.5 Å². The van der Waals surface area contributed by atoms with Gasteiger partial charge in [0.1, 0.15) is 5.82 Å². The van der Waals surface area contributed by atoms with Crippen molar-refractivity contribution in [1.29, 1.82) is 0 Å². The van der Waals surface area contributed by atoms with E-state index in [2.05, 4.69) is 38.8 Å². The minimum absolute atomic E-state index is 0.650. The topological polar surface area (TPSA) is 43.4 Å². The summed E-state index contributed by atoms with van der Waals surface area (Å²) in [6.45, 7) is 10.6. The molecule has 3 fully saturated rings. The minimum atomic E-state index is 0.650. The van der Waals surface area contributed by atoms with Gasteiger partial charge in [-0.05, 0) is 68.8 Å². The molecule has 25 heavy (non-hydrogen) atoms. The first-order chi connectivity index (χ1) is 12.4. The molecule has 0 saturated carbocycles. The predicted molar refractivity (Wildman–Crippen MR) is 103 cm³/mol. The zero-order valence-electron chi connectivity index (χ0n) is 15.4. The smallest absolute Gasteiger partial charge is 0.128 e. The van der Waals surface area contributed by atoms with E-state index in [4.69, 9.17) is 4.98 Å². The summed E-state index contributed by atoms with van der Waals surface area (Å²) >= 11 is 0. The van der Waals surface area contributed by atoms with Gasteiger partial charge in [0.15, 0.2) is 0 Å². The molecule has 2 N–H and O–H groups in total. The lowest BCUT2D eigenvalue weighted by Gasteiger charge is -2.38. The third-order valence-corrected chi connectivity index (χ3v) is 6.21. The lowest BCUT2D eigenvalue weighted by Crippen LogP contribution is -2.48. The highest BCUT2D eigenvalue weighted by molar-refractivity contribution is 5.40. The molecule has 1 atom stereocenters. The average molecular weight is 344 g/mol. The van der Waals surface area contributed by atoms with Crippen LogP contribution in [0.15, 0.2) is 18.3 Å². The maximum Gasteiger partial charge on any atom is 0.128 e. The average Bonchev–Trinajstić information content (AvgIpc) is 2.70. The van der Waals surface area contributed by atoms with Crippen LogP contribution < -0.4 is 15.5 Å². The van der Waals surface area contributed by atoms with E-state index in [1.54, 1.807) is 0 Å². The van der Waals surface area contributed by atoms with Gasteiger partial charge in [0.2, 0.25) is 0 Å². The molecule has 0 bridgehead atoms. The van der Waals surface area contributed by atoms with Crippen LogP contribution in [0, 0.1) is 5.92 Å². The van der Waals surface area contributed by atoms with Gasteiger partial charge in [0.05, 0.1) is 0 Å². The van der Waals surface area contributed by atoms with Crippen molar-refractivity contribution in [3.8, 4) is 0 Å². The van der Waals surface area contributed by atoms with E-state index in [0.717, 1.165) is 31.4 Å². The van der Waals surface area contributed by atoms with Crippen LogP contribution in [-0.4, -0.2) is 68.8 Å². The van der Waals surface area contributed by atoms with Crippen molar-refractivity contribution in [2.75, 3.05) is 63.8 Å². The van der Waals surface area contributed by atoms with Gasteiger partial charge in [-0.25, -0.2) is 4.98 Å². The summed E-state index contributed by atoms with van der Waals surface area (Å²) in [5.41, 5.74) is 1.40. The van der Waals surface area contributed by atoms with E-state index in [0.29, 0.717) is 5.92 Å². The zero-order valence-corrected chi connectivity index (χ0v) is 15.4. The van der Waals surface area contributed by atoms with E-state index in [-0.39, 0.29) is 0 Å². The highest BCUT2D eigenvalue weighted by Gasteiger charge is 2.22. The number of nitrogens with zero attached hydrogens (tertiary/aromatic N) is 3. The highest BCUT2D eigenvalue weighted by atomic mass is 15.3. The second-order valence-corrected chi connectivity index (χ2v) is 7.97. The van der Waals surface area contributed by atoms with Crippen molar-refractivity contribution >= 4 is 5.82 Å². The third-order valence-electron chi connectivity index (χ3n) is 6.21. The summed E-state index contributed by atoms with van der Waals surface area (Å²) in [7, 11) is 0. The van der Waals surface area contributed by atoms with Gasteiger partial charge in [-0.15, -0.1) is 0 Å². The van der Waals surface area contributed by atoms with E-state index in [9.17, 15) is 0 Å². The number of rotatable bonds is 4. The standard InChI is InChI=1S/C20H33N5/c1-2-18(14-22-7-1)19-3-4-20(23-15-19)25-12-10-24(11-13-25)16-17-5-8-21-9-6-17/h3-4,15,17-18,21-22H,1-2,5-14,16H2. The lowest BCUT2D eigenvalue weighted by atomic mass is 9.93. The monoisotopic (exact) mass is 343 g/mol. The quantitative estimate of drug-likeness (QED) is 0.871. The molecule has 138 valence electrons. The second-order valence-electron chi connectivity index (χ2n) is 7.97. The zero-order chi connectivity index (χ0) is 16.9. The molecule has 4 heterocycles. The Morgan fingerprint density at radius 2 is 1.80 bits per heavy atom. The highest BCUT2D eigenvalue weighted by Crippen LogP contribution is 2.24. The van der Waals surface area contributed by atoms with Crippen LogP contribution in [0.1, 0.15) is 37.2 Å². The first-order valence-electron chi connectivity index (χ1n) is 10.2. The molecule has 0 aliphatic carbocycles. The Kier molecular flexibility index (Phi) is 5.85. The van der Waals surface area contributed by atoms with Gasteiger partial charge in [-0.1, -0.05) is 6.07 Å². The number of nitrogens with one attached hydrogen (secondary N) is 2.